The number of hydrogen-bond donors (Lipinski definition) is 1. The van der Waals surface area contributed by atoms with Crippen molar-refractivity contribution in [2.75, 3.05) is 7.11 Å². The van der Waals surface area contributed by atoms with E-state index in [9.17, 15) is 31.5 Å². The van der Waals surface area contributed by atoms with Crippen molar-refractivity contribution in [1.29, 1.82) is 0 Å². The highest BCUT2D eigenvalue weighted by Crippen LogP contribution is 2.27. The van der Waals surface area contributed by atoms with Crippen molar-refractivity contribution in [3.05, 3.63) is 53.6 Å². The van der Waals surface area contributed by atoms with Crippen LogP contribution >= 0.6 is 0 Å². The second kappa shape index (κ2) is 7.24. The fourth-order valence-electron chi connectivity index (χ4n) is 2.12. The molecular weight excluding hydrogens is 377 g/mol. The number of alkyl halides is 3. The van der Waals surface area contributed by atoms with E-state index in [1.54, 1.807) is 0 Å². The van der Waals surface area contributed by atoms with E-state index in [4.69, 9.17) is 0 Å². The number of sulfone groups is 1. The van der Waals surface area contributed by atoms with E-state index >= 15 is 0 Å². The van der Waals surface area contributed by atoms with Gasteiger partial charge in [0.25, 0.3) is 0 Å². The van der Waals surface area contributed by atoms with Gasteiger partial charge in [0.05, 0.1) is 17.8 Å². The molecule has 0 saturated heterocycles. The third-order valence-corrected chi connectivity index (χ3v) is 4.91. The number of methoxy groups -OCH3 is 1. The molecule has 0 aromatic heterocycles. The van der Waals surface area contributed by atoms with Crippen molar-refractivity contribution in [3.63, 3.8) is 0 Å². The predicted octanol–water partition coefficient (Wildman–Crippen LogP) is 3.05. The number of esters is 1. The van der Waals surface area contributed by atoms with E-state index < -0.39 is 39.4 Å². The molecule has 0 aliphatic heterocycles. The lowest BCUT2D eigenvalue weighted by Gasteiger charge is -2.11. The Labute approximate surface area is 146 Å². The van der Waals surface area contributed by atoms with Gasteiger partial charge in [-0.05, 0) is 35.9 Å². The van der Waals surface area contributed by atoms with Crippen LogP contribution in [0.4, 0.5) is 13.2 Å². The summed E-state index contributed by atoms with van der Waals surface area (Å²) in [6, 6.07) is 7.52. The SMILES string of the molecule is COC(=O)c1ccc(CS(=O)(=O)c2cccc(OC(F)(F)F)c2)cc1O. The summed E-state index contributed by atoms with van der Waals surface area (Å²) in [5, 5.41) is 9.79. The lowest BCUT2D eigenvalue weighted by Crippen LogP contribution is -2.17. The first-order valence-electron chi connectivity index (χ1n) is 7.00. The van der Waals surface area contributed by atoms with Crippen LogP contribution in [0.2, 0.25) is 0 Å². The van der Waals surface area contributed by atoms with E-state index in [0.717, 1.165) is 37.4 Å². The molecule has 0 atom stereocenters. The average molecular weight is 390 g/mol. The Morgan fingerprint density at radius 2 is 1.85 bits per heavy atom. The Morgan fingerprint density at radius 3 is 2.42 bits per heavy atom. The van der Waals surface area contributed by atoms with Crippen LogP contribution in [0.5, 0.6) is 11.5 Å². The Hall–Kier alpha value is -2.75. The maximum atomic E-state index is 12.4. The lowest BCUT2D eigenvalue weighted by atomic mass is 10.1. The number of halogens is 3. The maximum Gasteiger partial charge on any atom is 0.573 e. The Kier molecular flexibility index (Phi) is 5.45. The fraction of sp³-hybridized carbons (Fsp3) is 0.188. The first-order chi connectivity index (χ1) is 12.0. The molecular formula is C16H13F3O6S. The summed E-state index contributed by atoms with van der Waals surface area (Å²) < 4.78 is 69.7. The van der Waals surface area contributed by atoms with Crippen LogP contribution in [-0.4, -0.2) is 33.0 Å². The first-order valence-corrected chi connectivity index (χ1v) is 8.66. The molecule has 0 amide bonds. The zero-order valence-electron chi connectivity index (χ0n) is 13.3. The summed E-state index contributed by atoms with van der Waals surface area (Å²) in [7, 11) is -2.90. The molecule has 0 fully saturated rings. The second-order valence-corrected chi connectivity index (χ2v) is 7.11. The van der Waals surface area contributed by atoms with Gasteiger partial charge in [0.1, 0.15) is 17.1 Å². The smallest absolute Gasteiger partial charge is 0.507 e. The topological polar surface area (TPSA) is 89.9 Å². The zero-order valence-corrected chi connectivity index (χ0v) is 14.1. The summed E-state index contributed by atoms with van der Waals surface area (Å²) in [5.74, 6) is -2.53. The van der Waals surface area contributed by atoms with Crippen molar-refractivity contribution >= 4 is 15.8 Å². The van der Waals surface area contributed by atoms with E-state index in [2.05, 4.69) is 9.47 Å². The molecule has 10 heteroatoms. The van der Waals surface area contributed by atoms with Crippen LogP contribution in [0, 0.1) is 0 Å². The van der Waals surface area contributed by atoms with Gasteiger partial charge in [-0.25, -0.2) is 13.2 Å². The number of carbonyl (C=O) groups is 1. The fourth-order valence-corrected chi connectivity index (χ4v) is 3.48. The maximum absolute atomic E-state index is 12.4. The minimum Gasteiger partial charge on any atom is -0.507 e. The van der Waals surface area contributed by atoms with Gasteiger partial charge >= 0.3 is 12.3 Å². The molecule has 0 spiro atoms. The van der Waals surface area contributed by atoms with Gasteiger partial charge in [-0.3, -0.25) is 0 Å². The van der Waals surface area contributed by atoms with Crippen molar-refractivity contribution in [2.24, 2.45) is 0 Å². The molecule has 0 heterocycles. The summed E-state index contributed by atoms with van der Waals surface area (Å²) in [5.41, 5.74) is -0.00785. The Morgan fingerprint density at radius 1 is 1.15 bits per heavy atom. The normalized spacial score (nSPS) is 11.8. The van der Waals surface area contributed by atoms with Crippen molar-refractivity contribution < 1.29 is 41.0 Å². The summed E-state index contributed by atoms with van der Waals surface area (Å²) in [6.07, 6.45) is -4.95. The van der Waals surface area contributed by atoms with Crippen molar-refractivity contribution in [3.8, 4) is 11.5 Å². The molecule has 0 unspecified atom stereocenters. The van der Waals surface area contributed by atoms with Gasteiger partial charge in [-0.2, -0.15) is 0 Å². The van der Waals surface area contributed by atoms with Crippen LogP contribution in [0.3, 0.4) is 0 Å². The average Bonchev–Trinajstić information content (AvgIpc) is 2.52. The third-order valence-electron chi connectivity index (χ3n) is 3.22. The van der Waals surface area contributed by atoms with E-state index in [-0.39, 0.29) is 16.0 Å². The van der Waals surface area contributed by atoms with Crippen LogP contribution in [0.15, 0.2) is 47.4 Å². The van der Waals surface area contributed by atoms with Gasteiger partial charge < -0.3 is 14.6 Å². The molecule has 1 N–H and O–H groups in total. The zero-order chi connectivity index (χ0) is 19.5. The number of ether oxygens (including phenoxy) is 2. The van der Waals surface area contributed by atoms with Crippen LogP contribution in [0.25, 0.3) is 0 Å². The number of carbonyl (C=O) groups excluding carboxylic acids is 1. The third kappa shape index (κ3) is 4.88. The number of benzene rings is 2. The minimum atomic E-state index is -4.95. The van der Waals surface area contributed by atoms with Crippen LogP contribution < -0.4 is 4.74 Å². The van der Waals surface area contributed by atoms with E-state index in [1.807, 2.05) is 0 Å². The Balaban J connectivity index is 2.28. The number of phenolic OH excluding ortho intramolecular Hbond substituents is 1. The number of phenols is 1. The van der Waals surface area contributed by atoms with E-state index in [0.29, 0.717) is 0 Å². The summed E-state index contributed by atoms with van der Waals surface area (Å²) in [6.45, 7) is 0. The standard InChI is InChI=1S/C16H13F3O6S/c1-24-15(21)13-6-5-10(7-14(13)20)9-26(22,23)12-4-2-3-11(8-12)25-16(17,18)19/h2-8,20H,9H2,1H3. The summed E-state index contributed by atoms with van der Waals surface area (Å²) in [4.78, 5) is 11.0. The molecule has 2 aromatic carbocycles. The van der Waals surface area contributed by atoms with Gasteiger partial charge in [-0.1, -0.05) is 12.1 Å². The molecule has 0 saturated carbocycles. The molecule has 2 rings (SSSR count). The van der Waals surface area contributed by atoms with Gasteiger partial charge in [0, 0.05) is 0 Å². The highest BCUT2D eigenvalue weighted by Gasteiger charge is 2.31. The van der Waals surface area contributed by atoms with E-state index in [1.165, 1.54) is 12.1 Å². The molecule has 0 aliphatic rings. The molecule has 0 radical (unpaired) electrons. The predicted molar refractivity (Wildman–Crippen MR) is 83.5 cm³/mol. The number of aromatic hydroxyl groups is 1. The first kappa shape index (κ1) is 19.6. The molecule has 0 aliphatic carbocycles. The summed E-state index contributed by atoms with van der Waals surface area (Å²) >= 11 is 0. The van der Waals surface area contributed by atoms with Gasteiger partial charge in [-0.15, -0.1) is 13.2 Å². The van der Waals surface area contributed by atoms with Crippen LogP contribution in [0.1, 0.15) is 15.9 Å². The molecule has 6 nitrogen and oxygen atoms in total. The number of hydrogen-bond acceptors (Lipinski definition) is 6. The monoisotopic (exact) mass is 390 g/mol. The van der Waals surface area contributed by atoms with Crippen molar-refractivity contribution in [1.82, 2.24) is 0 Å². The molecule has 26 heavy (non-hydrogen) atoms. The number of rotatable bonds is 5. The van der Waals surface area contributed by atoms with Crippen LogP contribution in [-0.2, 0) is 20.3 Å². The molecule has 2 aromatic rings. The van der Waals surface area contributed by atoms with Gasteiger partial charge in [0.15, 0.2) is 9.84 Å². The lowest BCUT2D eigenvalue weighted by molar-refractivity contribution is -0.274. The van der Waals surface area contributed by atoms with Gasteiger partial charge in [0.2, 0.25) is 0 Å². The largest absolute Gasteiger partial charge is 0.573 e. The minimum absolute atomic E-state index is 0.136. The second-order valence-electron chi connectivity index (χ2n) is 5.12. The Bertz CT molecular complexity index is 922. The highest BCUT2D eigenvalue weighted by atomic mass is 32.2. The highest BCUT2D eigenvalue weighted by molar-refractivity contribution is 7.90. The molecule has 0 bridgehead atoms. The quantitative estimate of drug-likeness (QED) is 0.790. The molecule has 140 valence electrons. The van der Waals surface area contributed by atoms with Crippen molar-refractivity contribution in [2.45, 2.75) is 17.0 Å².